The van der Waals surface area contributed by atoms with E-state index in [0.717, 1.165) is 22.5 Å². The number of azo groups is 3. The third kappa shape index (κ3) is 9.09. The molecule has 17 nitrogen and oxygen atoms in total. The zero-order valence-corrected chi connectivity index (χ0v) is 35.3. The molecule has 0 saturated heterocycles. The van der Waals surface area contributed by atoms with Crippen LogP contribution in [0.1, 0.15) is 5.56 Å². The number of fused-ring (bicyclic) bond motifs is 3. The molecule has 8 rings (SSSR count). The SMILES string of the molecule is COc1ccc(Nc2ccc3c(O)c(N=Nc4cc(CO)c(N=Nc5ccc(N=Nc6ccc7cccc(S(=O)(=O)O)c7c6)c6ccc(S(=O)(=O)O)cc56)cc4OC)ccc3c2)cc1. The second kappa shape index (κ2) is 17.6. The minimum atomic E-state index is -4.65. The molecule has 0 aliphatic heterocycles. The first-order valence-corrected chi connectivity index (χ1v) is 21.9. The van der Waals surface area contributed by atoms with E-state index in [-0.39, 0.29) is 66.9 Å². The Morgan fingerprint density at radius 1 is 0.531 bits per heavy atom. The van der Waals surface area contributed by atoms with Gasteiger partial charge in [0.15, 0.2) is 5.75 Å². The normalized spacial score (nSPS) is 12.3. The number of nitrogens with zero attached hydrogens (tertiary/aromatic N) is 6. The van der Waals surface area contributed by atoms with E-state index in [2.05, 4.69) is 36.0 Å². The van der Waals surface area contributed by atoms with E-state index in [1.165, 1.54) is 61.7 Å². The number of hydrogen-bond donors (Lipinski definition) is 5. The molecule has 0 aromatic heterocycles. The lowest BCUT2D eigenvalue weighted by Gasteiger charge is -2.10. The molecule has 0 unspecified atom stereocenters. The molecule has 0 aliphatic rings. The Bertz CT molecular complexity index is 3460. The molecule has 5 N–H and O–H groups in total. The second-order valence-electron chi connectivity index (χ2n) is 14.1. The van der Waals surface area contributed by atoms with E-state index in [9.17, 15) is 36.2 Å². The zero-order chi connectivity index (χ0) is 45.2. The van der Waals surface area contributed by atoms with Crippen LogP contribution in [0.5, 0.6) is 17.2 Å². The van der Waals surface area contributed by atoms with Crippen molar-refractivity contribution < 1.29 is 45.6 Å². The van der Waals surface area contributed by atoms with Crippen LogP contribution in [-0.2, 0) is 26.8 Å². The number of rotatable bonds is 13. The summed E-state index contributed by atoms with van der Waals surface area (Å²) in [5.41, 5.74) is 3.18. The molecular formula is C45H35N7O10S2. The molecule has 322 valence electrons. The van der Waals surface area contributed by atoms with E-state index in [4.69, 9.17) is 9.47 Å². The lowest BCUT2D eigenvalue weighted by atomic mass is 10.1. The van der Waals surface area contributed by atoms with Gasteiger partial charge in [-0.05, 0) is 108 Å². The molecule has 64 heavy (non-hydrogen) atoms. The van der Waals surface area contributed by atoms with Crippen molar-refractivity contribution in [3.63, 3.8) is 0 Å². The van der Waals surface area contributed by atoms with Crippen molar-refractivity contribution in [1.82, 2.24) is 0 Å². The van der Waals surface area contributed by atoms with Crippen LogP contribution in [0.3, 0.4) is 0 Å². The lowest BCUT2D eigenvalue weighted by Crippen LogP contribution is -1.98. The summed E-state index contributed by atoms with van der Waals surface area (Å²) in [6.07, 6.45) is 0. The summed E-state index contributed by atoms with van der Waals surface area (Å²) in [4.78, 5) is -0.717. The van der Waals surface area contributed by atoms with E-state index in [1.807, 2.05) is 36.4 Å². The average molecular weight is 898 g/mol. The number of anilines is 2. The van der Waals surface area contributed by atoms with Crippen LogP contribution < -0.4 is 14.8 Å². The summed E-state index contributed by atoms with van der Waals surface area (Å²) < 4.78 is 78.8. The van der Waals surface area contributed by atoms with Gasteiger partial charge in [-0.1, -0.05) is 30.3 Å². The summed E-state index contributed by atoms with van der Waals surface area (Å²) >= 11 is 0. The molecule has 8 aromatic carbocycles. The van der Waals surface area contributed by atoms with E-state index < -0.39 is 31.7 Å². The molecule has 0 atom stereocenters. The third-order valence-corrected chi connectivity index (χ3v) is 11.8. The van der Waals surface area contributed by atoms with E-state index >= 15 is 0 Å². The number of hydrogen-bond acceptors (Lipinski definition) is 15. The highest BCUT2D eigenvalue weighted by atomic mass is 32.2. The minimum absolute atomic E-state index is 0.0937. The smallest absolute Gasteiger partial charge is 0.295 e. The molecular weight excluding hydrogens is 863 g/mol. The van der Waals surface area contributed by atoms with Crippen LogP contribution in [0.4, 0.5) is 45.5 Å². The Hall–Kier alpha value is -7.68. The van der Waals surface area contributed by atoms with Gasteiger partial charge in [0.25, 0.3) is 20.2 Å². The Balaban J connectivity index is 1.08. The number of methoxy groups -OCH3 is 2. The highest BCUT2D eigenvalue weighted by molar-refractivity contribution is 7.86. The zero-order valence-electron chi connectivity index (χ0n) is 33.6. The molecule has 0 heterocycles. The van der Waals surface area contributed by atoms with Gasteiger partial charge in [0.2, 0.25) is 0 Å². The maximum atomic E-state index is 12.2. The maximum absolute atomic E-state index is 12.2. The largest absolute Gasteiger partial charge is 0.505 e. The van der Waals surface area contributed by atoms with Gasteiger partial charge < -0.3 is 25.0 Å². The second-order valence-corrected chi connectivity index (χ2v) is 16.9. The Morgan fingerprint density at radius 2 is 1.19 bits per heavy atom. The first-order valence-electron chi connectivity index (χ1n) is 19.0. The molecule has 8 aromatic rings. The van der Waals surface area contributed by atoms with Gasteiger partial charge in [0.1, 0.15) is 27.8 Å². The Morgan fingerprint density at radius 3 is 1.91 bits per heavy atom. The van der Waals surface area contributed by atoms with Crippen LogP contribution in [-0.4, -0.2) is 50.4 Å². The molecule has 0 saturated carbocycles. The van der Waals surface area contributed by atoms with E-state index in [1.54, 1.807) is 49.6 Å². The van der Waals surface area contributed by atoms with Crippen molar-refractivity contribution in [1.29, 1.82) is 0 Å². The van der Waals surface area contributed by atoms with E-state index in [0.29, 0.717) is 16.2 Å². The van der Waals surface area contributed by atoms with Gasteiger partial charge in [0.05, 0.1) is 48.5 Å². The lowest BCUT2D eigenvalue weighted by molar-refractivity contribution is 0.282. The minimum Gasteiger partial charge on any atom is -0.505 e. The number of aliphatic hydroxyl groups excluding tert-OH is 1. The predicted octanol–water partition coefficient (Wildman–Crippen LogP) is 11.8. The Labute approximate surface area is 365 Å². The van der Waals surface area contributed by atoms with Gasteiger partial charge in [-0.25, -0.2) is 0 Å². The quantitative estimate of drug-likeness (QED) is 0.0537. The number of aliphatic hydroxyl groups is 1. The maximum Gasteiger partial charge on any atom is 0.295 e. The number of phenols is 1. The van der Waals surface area contributed by atoms with Crippen LogP contribution in [0.15, 0.2) is 174 Å². The number of ether oxygens (including phenoxy) is 2. The summed E-state index contributed by atoms with van der Waals surface area (Å²) in [7, 11) is -6.17. The molecule has 0 radical (unpaired) electrons. The van der Waals surface area contributed by atoms with Crippen LogP contribution in [0.25, 0.3) is 32.3 Å². The fourth-order valence-electron chi connectivity index (χ4n) is 6.84. The highest BCUT2D eigenvalue weighted by Crippen LogP contribution is 2.42. The fraction of sp³-hybridized carbons (Fsp3) is 0.0667. The van der Waals surface area contributed by atoms with Gasteiger partial charge in [-0.2, -0.15) is 27.1 Å². The molecule has 0 aliphatic carbocycles. The van der Waals surface area contributed by atoms with Crippen LogP contribution >= 0.6 is 0 Å². The Kier molecular flexibility index (Phi) is 11.8. The predicted molar refractivity (Wildman–Crippen MR) is 241 cm³/mol. The molecule has 0 fully saturated rings. The highest BCUT2D eigenvalue weighted by Gasteiger charge is 2.17. The van der Waals surface area contributed by atoms with Gasteiger partial charge in [-0.15, -0.1) is 20.5 Å². The molecule has 0 spiro atoms. The summed E-state index contributed by atoms with van der Waals surface area (Å²) in [5, 5.41) is 53.4. The molecule has 0 bridgehead atoms. The van der Waals surface area contributed by atoms with Crippen molar-refractivity contribution in [3.05, 3.63) is 139 Å². The van der Waals surface area contributed by atoms with Crippen molar-refractivity contribution in [2.75, 3.05) is 19.5 Å². The fourth-order valence-corrected chi connectivity index (χ4v) is 8.05. The number of benzene rings is 8. The standard InChI is InChI=1S/C45H35N7O10S2/c1-61-32-12-9-29(10-13-32)46-30-11-15-34-27(20-30)7-17-40(45(34)54)50-52-42-21-28(25-53)41(24-43(42)62-2)51-49-39-19-18-38(35-16-14-33(23-37(35)39)63(55,56)57)48-47-31-8-6-26-4-3-5-44(36(26)22-31)64(58,59)60/h3-24,46,53-54H,25H2,1-2H3,(H,55,56,57)(H,58,59,60). The number of aromatic hydroxyl groups is 1. The number of nitrogens with one attached hydrogen (secondary N) is 1. The number of phenolic OH excluding ortho intramolecular Hbond substituents is 1. The van der Waals surface area contributed by atoms with Gasteiger partial charge >= 0.3 is 0 Å². The van der Waals surface area contributed by atoms with Crippen LogP contribution in [0.2, 0.25) is 0 Å². The first-order chi connectivity index (χ1) is 30.7. The van der Waals surface area contributed by atoms with Crippen molar-refractivity contribution in [2.24, 2.45) is 30.7 Å². The monoisotopic (exact) mass is 897 g/mol. The van der Waals surface area contributed by atoms with Gasteiger partial charge in [0, 0.05) is 44.5 Å². The average Bonchev–Trinajstić information content (AvgIpc) is 3.29. The summed E-state index contributed by atoms with van der Waals surface area (Å²) in [6, 6.07) is 35.3. The third-order valence-electron chi connectivity index (χ3n) is 10.0. The van der Waals surface area contributed by atoms with Gasteiger partial charge in [-0.3, -0.25) is 9.11 Å². The first kappa shape index (κ1) is 43.0. The topological polar surface area (TPSA) is 254 Å². The summed E-state index contributed by atoms with van der Waals surface area (Å²) in [6.45, 7) is -0.498. The molecule has 0 amide bonds. The molecule has 19 heteroatoms. The van der Waals surface area contributed by atoms with Crippen molar-refractivity contribution in [2.45, 2.75) is 16.4 Å². The van der Waals surface area contributed by atoms with Crippen molar-refractivity contribution in [3.8, 4) is 17.2 Å². The summed E-state index contributed by atoms with van der Waals surface area (Å²) in [5.74, 6) is 0.850. The van der Waals surface area contributed by atoms with Crippen LogP contribution in [0, 0.1) is 0 Å². The van der Waals surface area contributed by atoms with Crippen molar-refractivity contribution >= 4 is 98.1 Å².